The second kappa shape index (κ2) is 4.10. The van der Waals surface area contributed by atoms with Crippen LogP contribution >= 0.6 is 0 Å². The molecule has 3 aliphatic rings. The predicted molar refractivity (Wildman–Crippen MR) is 63.2 cm³/mol. The smallest absolute Gasteiger partial charge is 0.115 e. The van der Waals surface area contributed by atoms with Crippen molar-refractivity contribution in [2.75, 3.05) is 6.61 Å². The molecule has 1 fully saturated rings. The lowest BCUT2D eigenvalue weighted by Crippen LogP contribution is -2.29. The van der Waals surface area contributed by atoms with Crippen LogP contribution in [0.15, 0.2) is 35.1 Å². The summed E-state index contributed by atoms with van der Waals surface area (Å²) in [4.78, 5) is 0. The van der Waals surface area contributed by atoms with Gasteiger partial charge >= 0.3 is 0 Å². The summed E-state index contributed by atoms with van der Waals surface area (Å²) in [6, 6.07) is 0. The normalized spacial score (nSPS) is 33.9. The Balaban J connectivity index is 2.01. The maximum Gasteiger partial charge on any atom is 0.115 e. The molecule has 16 heavy (non-hydrogen) atoms. The van der Waals surface area contributed by atoms with Gasteiger partial charge in [-0.2, -0.15) is 0 Å². The Morgan fingerprint density at radius 1 is 1.31 bits per heavy atom. The monoisotopic (exact) mass is 218 g/mol. The molecular weight excluding hydrogens is 200 g/mol. The van der Waals surface area contributed by atoms with Crippen molar-refractivity contribution in [1.29, 1.82) is 0 Å². The van der Waals surface area contributed by atoms with Gasteiger partial charge in [0.25, 0.3) is 0 Å². The van der Waals surface area contributed by atoms with Crippen LogP contribution in [0, 0.1) is 5.92 Å². The number of aliphatic hydroxyl groups excluding tert-OH is 1. The molecule has 2 atom stereocenters. The van der Waals surface area contributed by atoms with E-state index in [0.717, 1.165) is 32.3 Å². The summed E-state index contributed by atoms with van der Waals surface area (Å²) in [6.07, 6.45) is 11.9. The summed E-state index contributed by atoms with van der Waals surface area (Å²) in [5.74, 6) is 1.00. The number of rotatable bonds is 0. The molecule has 1 saturated heterocycles. The fourth-order valence-corrected chi connectivity index (χ4v) is 3.12. The van der Waals surface area contributed by atoms with Crippen LogP contribution in [0.4, 0.5) is 0 Å². The quantitative estimate of drug-likeness (QED) is 0.676. The molecule has 2 aliphatic carbocycles. The Kier molecular flexibility index (Phi) is 2.60. The third-order valence-corrected chi connectivity index (χ3v) is 3.90. The summed E-state index contributed by atoms with van der Waals surface area (Å²) < 4.78 is 5.82. The molecule has 0 aromatic carbocycles. The van der Waals surface area contributed by atoms with Crippen LogP contribution in [0.1, 0.15) is 32.1 Å². The van der Waals surface area contributed by atoms with Gasteiger partial charge in [-0.3, -0.25) is 0 Å². The molecular formula is C14H18O2. The summed E-state index contributed by atoms with van der Waals surface area (Å²) in [7, 11) is 0. The van der Waals surface area contributed by atoms with Gasteiger partial charge in [-0.25, -0.2) is 0 Å². The molecule has 1 N–H and O–H groups in total. The second-order valence-electron chi connectivity index (χ2n) is 4.93. The number of allylic oxidation sites excluding steroid dienone is 4. The van der Waals surface area contributed by atoms with Gasteiger partial charge < -0.3 is 9.84 Å². The molecule has 0 aromatic rings. The number of hydrogen-bond donors (Lipinski definition) is 1. The first kappa shape index (κ1) is 10.2. The first-order chi connectivity index (χ1) is 7.84. The third-order valence-electron chi connectivity index (χ3n) is 3.90. The number of ether oxygens (including phenoxy) is 1. The lowest BCUT2D eigenvalue weighted by molar-refractivity contribution is 0.0375. The van der Waals surface area contributed by atoms with E-state index in [2.05, 4.69) is 6.08 Å². The summed E-state index contributed by atoms with van der Waals surface area (Å²) in [6.45, 7) is 0.903. The Labute approximate surface area is 96.3 Å². The molecule has 2 heteroatoms. The minimum atomic E-state index is 0.335. The van der Waals surface area contributed by atoms with Crippen molar-refractivity contribution < 1.29 is 9.84 Å². The van der Waals surface area contributed by atoms with E-state index < -0.39 is 0 Å². The standard InChI is InChI=1S/C14H18O2/c15-11-4-1-3-10-6-7-14-12(13(10)9-11)5-2-8-16-14/h1,4,9-10,14-15H,2-3,5-8H2. The maximum absolute atomic E-state index is 9.72. The second-order valence-corrected chi connectivity index (χ2v) is 4.93. The van der Waals surface area contributed by atoms with Gasteiger partial charge in [0.2, 0.25) is 0 Å². The molecule has 2 unspecified atom stereocenters. The average Bonchev–Trinajstić information content (AvgIpc) is 2.50. The molecule has 1 aliphatic heterocycles. The van der Waals surface area contributed by atoms with Crippen molar-refractivity contribution >= 4 is 0 Å². The summed E-state index contributed by atoms with van der Waals surface area (Å²) in [5, 5.41) is 9.72. The number of hydrogen-bond acceptors (Lipinski definition) is 2. The highest BCUT2D eigenvalue weighted by Gasteiger charge is 2.31. The van der Waals surface area contributed by atoms with Crippen molar-refractivity contribution in [3.05, 3.63) is 35.1 Å². The number of aliphatic hydroxyl groups is 1. The van der Waals surface area contributed by atoms with E-state index >= 15 is 0 Å². The van der Waals surface area contributed by atoms with Crippen molar-refractivity contribution in [1.82, 2.24) is 0 Å². The molecule has 0 amide bonds. The Hall–Kier alpha value is -1.02. The molecule has 0 bridgehead atoms. The van der Waals surface area contributed by atoms with E-state index in [0.29, 0.717) is 17.8 Å². The topological polar surface area (TPSA) is 29.5 Å². The lowest BCUT2D eigenvalue weighted by Gasteiger charge is -2.35. The van der Waals surface area contributed by atoms with Gasteiger partial charge in [-0.15, -0.1) is 0 Å². The van der Waals surface area contributed by atoms with Crippen LogP contribution in [0.3, 0.4) is 0 Å². The SMILES string of the molecule is OC1=CC2=C3CCCOC3CCC2CC=C1. The average molecular weight is 218 g/mol. The molecule has 0 spiro atoms. The van der Waals surface area contributed by atoms with Gasteiger partial charge in [-0.05, 0) is 61.3 Å². The first-order valence-electron chi connectivity index (χ1n) is 6.26. The van der Waals surface area contributed by atoms with Crippen LogP contribution in [0.2, 0.25) is 0 Å². The molecule has 0 saturated carbocycles. The Morgan fingerprint density at radius 3 is 3.19 bits per heavy atom. The largest absolute Gasteiger partial charge is 0.508 e. The Bertz CT molecular complexity index is 376. The van der Waals surface area contributed by atoms with Gasteiger partial charge in [0.1, 0.15) is 5.76 Å². The lowest BCUT2D eigenvalue weighted by atomic mass is 9.77. The van der Waals surface area contributed by atoms with E-state index in [1.807, 2.05) is 12.2 Å². The van der Waals surface area contributed by atoms with Crippen molar-refractivity contribution in [2.45, 2.75) is 38.2 Å². The van der Waals surface area contributed by atoms with E-state index in [9.17, 15) is 5.11 Å². The summed E-state index contributed by atoms with van der Waals surface area (Å²) >= 11 is 0. The minimum absolute atomic E-state index is 0.335. The minimum Gasteiger partial charge on any atom is -0.508 e. The predicted octanol–water partition coefficient (Wildman–Crippen LogP) is 3.27. The molecule has 1 heterocycles. The number of fused-ring (bicyclic) bond motifs is 2. The zero-order chi connectivity index (χ0) is 11.0. The molecule has 0 radical (unpaired) electrons. The first-order valence-corrected chi connectivity index (χ1v) is 6.26. The van der Waals surface area contributed by atoms with E-state index in [1.54, 1.807) is 0 Å². The molecule has 0 aromatic heterocycles. The molecule has 3 rings (SSSR count). The van der Waals surface area contributed by atoms with Crippen LogP contribution < -0.4 is 0 Å². The van der Waals surface area contributed by atoms with Crippen molar-refractivity contribution in [3.63, 3.8) is 0 Å². The van der Waals surface area contributed by atoms with E-state index in [4.69, 9.17) is 4.74 Å². The van der Waals surface area contributed by atoms with Crippen molar-refractivity contribution in [2.24, 2.45) is 5.92 Å². The molecule has 2 nitrogen and oxygen atoms in total. The zero-order valence-corrected chi connectivity index (χ0v) is 9.48. The highest BCUT2D eigenvalue weighted by Crippen LogP contribution is 2.40. The van der Waals surface area contributed by atoms with Gasteiger partial charge in [0.15, 0.2) is 0 Å². The van der Waals surface area contributed by atoms with Crippen LogP contribution in [-0.2, 0) is 4.74 Å². The van der Waals surface area contributed by atoms with Gasteiger partial charge in [-0.1, -0.05) is 6.08 Å². The van der Waals surface area contributed by atoms with Crippen molar-refractivity contribution in [3.8, 4) is 0 Å². The highest BCUT2D eigenvalue weighted by molar-refractivity contribution is 5.38. The highest BCUT2D eigenvalue weighted by atomic mass is 16.5. The fourth-order valence-electron chi connectivity index (χ4n) is 3.12. The maximum atomic E-state index is 9.72. The van der Waals surface area contributed by atoms with Gasteiger partial charge in [0.05, 0.1) is 6.10 Å². The molecule has 86 valence electrons. The van der Waals surface area contributed by atoms with E-state index in [-0.39, 0.29) is 0 Å². The Morgan fingerprint density at radius 2 is 2.25 bits per heavy atom. The van der Waals surface area contributed by atoms with E-state index in [1.165, 1.54) is 17.6 Å². The fraction of sp³-hybridized carbons (Fsp3) is 0.571. The third kappa shape index (κ3) is 1.71. The van der Waals surface area contributed by atoms with Crippen LogP contribution in [0.5, 0.6) is 0 Å². The van der Waals surface area contributed by atoms with Crippen LogP contribution in [-0.4, -0.2) is 17.8 Å². The van der Waals surface area contributed by atoms with Gasteiger partial charge in [0, 0.05) is 6.61 Å². The summed E-state index contributed by atoms with van der Waals surface area (Å²) in [5.41, 5.74) is 2.82. The zero-order valence-electron chi connectivity index (χ0n) is 9.48. The van der Waals surface area contributed by atoms with Crippen LogP contribution in [0.25, 0.3) is 0 Å².